The van der Waals surface area contributed by atoms with Crippen LogP contribution in [0, 0.1) is 6.92 Å². The molecule has 0 unspecified atom stereocenters. The topological polar surface area (TPSA) is 58.7 Å². The van der Waals surface area contributed by atoms with Gasteiger partial charge in [0.25, 0.3) is 5.91 Å². The number of benzene rings is 1. The molecule has 1 aromatic carbocycles. The first kappa shape index (κ1) is 20.9. The van der Waals surface area contributed by atoms with Crippen LogP contribution in [0.2, 0.25) is 10.0 Å². The number of aryl methyl sites for hydroxylation is 1. The normalized spacial score (nSPS) is 16.8. The van der Waals surface area contributed by atoms with Gasteiger partial charge in [-0.15, -0.1) is 17.9 Å². The second-order valence-electron chi connectivity index (χ2n) is 6.31. The van der Waals surface area contributed by atoms with E-state index >= 15 is 0 Å². The standard InChI is InChI=1S/C21H15Cl2N3O2S2/c1-3-8-26-19(27)18(30-21(26)25-20-24-12(2)11-29-20)10-14-5-7-17(28-14)13-4-6-15(22)16(23)9-13/h3-7,9-11H,1,8H2,2H3/b18-10+,25-21+. The number of nitrogens with zero attached hydrogens (tertiary/aromatic N) is 3. The summed E-state index contributed by atoms with van der Waals surface area (Å²) in [6.45, 7) is 6.00. The highest BCUT2D eigenvalue weighted by atomic mass is 35.5. The first-order valence-corrected chi connectivity index (χ1v) is 11.3. The maximum Gasteiger partial charge on any atom is 0.267 e. The van der Waals surface area contributed by atoms with Gasteiger partial charge in [-0.05, 0) is 49.0 Å². The van der Waals surface area contributed by atoms with Crippen LogP contribution < -0.4 is 0 Å². The molecule has 0 radical (unpaired) electrons. The Morgan fingerprint density at radius 3 is 2.80 bits per heavy atom. The molecule has 1 fully saturated rings. The second-order valence-corrected chi connectivity index (χ2v) is 8.97. The molecule has 0 N–H and O–H groups in total. The van der Waals surface area contributed by atoms with Crippen LogP contribution in [0.15, 0.2) is 62.7 Å². The smallest absolute Gasteiger partial charge is 0.267 e. The van der Waals surface area contributed by atoms with Crippen LogP contribution in [0.4, 0.5) is 5.13 Å². The van der Waals surface area contributed by atoms with Gasteiger partial charge in [-0.3, -0.25) is 9.69 Å². The minimum atomic E-state index is -0.153. The average molecular weight is 476 g/mol. The molecular weight excluding hydrogens is 461 g/mol. The SMILES string of the molecule is C=CCN1C(=O)/C(=C\c2ccc(-c3ccc(Cl)c(Cl)c3)o2)S/C1=N/c1nc(C)cs1. The lowest BCUT2D eigenvalue weighted by atomic mass is 10.2. The van der Waals surface area contributed by atoms with Crippen molar-refractivity contribution in [3.8, 4) is 11.3 Å². The molecule has 1 aliphatic heterocycles. The summed E-state index contributed by atoms with van der Waals surface area (Å²) in [7, 11) is 0. The Labute approximate surface area is 191 Å². The molecule has 3 aromatic rings. The molecule has 0 atom stereocenters. The Hall–Kier alpha value is -2.32. The Morgan fingerprint density at radius 2 is 2.10 bits per heavy atom. The van der Waals surface area contributed by atoms with Crippen LogP contribution >= 0.6 is 46.3 Å². The molecule has 4 rings (SSSR count). The fourth-order valence-electron chi connectivity index (χ4n) is 2.72. The molecule has 1 aliphatic rings. The quantitative estimate of drug-likeness (QED) is 0.300. The molecule has 0 bridgehead atoms. The number of thioether (sulfide) groups is 1. The van der Waals surface area contributed by atoms with Gasteiger partial charge in [-0.1, -0.05) is 29.3 Å². The number of hydrogen-bond donors (Lipinski definition) is 0. The van der Waals surface area contributed by atoms with Crippen molar-refractivity contribution >= 4 is 68.6 Å². The van der Waals surface area contributed by atoms with Gasteiger partial charge < -0.3 is 4.42 Å². The number of amides is 1. The fourth-order valence-corrected chi connectivity index (χ4v) is 4.71. The van der Waals surface area contributed by atoms with Gasteiger partial charge in [-0.25, -0.2) is 4.98 Å². The summed E-state index contributed by atoms with van der Waals surface area (Å²) < 4.78 is 5.89. The van der Waals surface area contributed by atoms with Crippen molar-refractivity contribution in [2.24, 2.45) is 4.99 Å². The number of carbonyl (C=O) groups excluding carboxylic acids is 1. The molecule has 1 saturated heterocycles. The highest BCUT2D eigenvalue weighted by Crippen LogP contribution is 2.36. The van der Waals surface area contributed by atoms with Gasteiger partial charge >= 0.3 is 0 Å². The molecule has 1 amide bonds. The molecule has 3 heterocycles. The number of halogens is 2. The lowest BCUT2D eigenvalue weighted by molar-refractivity contribution is -0.121. The molecule has 0 spiro atoms. The third-order valence-corrected chi connectivity index (χ3v) is 6.70. The molecule has 9 heteroatoms. The van der Waals surface area contributed by atoms with E-state index in [1.54, 1.807) is 35.3 Å². The summed E-state index contributed by atoms with van der Waals surface area (Å²) in [6, 6.07) is 8.90. The Morgan fingerprint density at radius 1 is 1.27 bits per heavy atom. The van der Waals surface area contributed by atoms with Crippen molar-refractivity contribution in [3.63, 3.8) is 0 Å². The zero-order valence-electron chi connectivity index (χ0n) is 15.8. The van der Waals surface area contributed by atoms with Gasteiger partial charge in [0.15, 0.2) is 5.17 Å². The van der Waals surface area contributed by atoms with Gasteiger partial charge in [0.05, 0.1) is 20.6 Å². The number of amidine groups is 1. The number of furan rings is 1. The van der Waals surface area contributed by atoms with E-state index in [-0.39, 0.29) is 5.91 Å². The van der Waals surface area contributed by atoms with E-state index in [1.165, 1.54) is 23.1 Å². The van der Waals surface area contributed by atoms with E-state index in [4.69, 9.17) is 27.6 Å². The third-order valence-electron chi connectivity index (χ3n) is 4.10. The number of thiazole rings is 1. The molecule has 5 nitrogen and oxygen atoms in total. The summed E-state index contributed by atoms with van der Waals surface area (Å²) in [6.07, 6.45) is 3.37. The Kier molecular flexibility index (Phi) is 6.15. The maximum atomic E-state index is 12.9. The first-order valence-electron chi connectivity index (χ1n) is 8.83. The third kappa shape index (κ3) is 4.39. The number of rotatable bonds is 5. The predicted octanol–water partition coefficient (Wildman–Crippen LogP) is 6.81. The number of carbonyl (C=O) groups is 1. The minimum absolute atomic E-state index is 0.153. The van der Waals surface area contributed by atoms with Gasteiger partial charge in [0.1, 0.15) is 11.5 Å². The van der Waals surface area contributed by atoms with Gasteiger partial charge in [0, 0.05) is 23.6 Å². The monoisotopic (exact) mass is 475 g/mol. The van der Waals surface area contributed by atoms with E-state index in [1.807, 2.05) is 24.4 Å². The van der Waals surface area contributed by atoms with Crippen molar-refractivity contribution in [2.45, 2.75) is 6.92 Å². The summed E-state index contributed by atoms with van der Waals surface area (Å²) in [5.74, 6) is 1.03. The van der Waals surface area contributed by atoms with E-state index < -0.39 is 0 Å². The van der Waals surface area contributed by atoms with Crippen molar-refractivity contribution in [1.82, 2.24) is 9.88 Å². The van der Waals surface area contributed by atoms with Crippen LogP contribution in [-0.2, 0) is 4.79 Å². The van der Waals surface area contributed by atoms with Crippen LogP contribution in [0.5, 0.6) is 0 Å². The molecule has 0 aliphatic carbocycles. The second kappa shape index (κ2) is 8.81. The summed E-state index contributed by atoms with van der Waals surface area (Å²) >= 11 is 14.8. The van der Waals surface area contributed by atoms with Crippen LogP contribution in [-0.4, -0.2) is 27.5 Å². The summed E-state index contributed by atoms with van der Waals surface area (Å²) in [4.78, 5) is 23.9. The maximum absolute atomic E-state index is 12.9. The fraction of sp³-hybridized carbons (Fsp3) is 0.0952. The zero-order chi connectivity index (χ0) is 21.3. The van der Waals surface area contributed by atoms with Crippen LogP contribution in [0.1, 0.15) is 11.5 Å². The zero-order valence-corrected chi connectivity index (χ0v) is 18.9. The number of aliphatic imine (C=N–C) groups is 1. The number of aromatic nitrogens is 1. The van der Waals surface area contributed by atoms with Crippen molar-refractivity contribution in [2.75, 3.05) is 6.54 Å². The highest BCUT2D eigenvalue weighted by Gasteiger charge is 2.33. The number of hydrogen-bond acceptors (Lipinski definition) is 6. The molecule has 152 valence electrons. The predicted molar refractivity (Wildman–Crippen MR) is 126 cm³/mol. The molecule has 0 saturated carbocycles. The van der Waals surface area contributed by atoms with Crippen LogP contribution in [0.3, 0.4) is 0 Å². The first-order chi connectivity index (χ1) is 14.4. The van der Waals surface area contributed by atoms with E-state index in [0.29, 0.717) is 43.3 Å². The van der Waals surface area contributed by atoms with E-state index in [9.17, 15) is 4.79 Å². The summed E-state index contributed by atoms with van der Waals surface area (Å²) in [5, 5.41) is 4.02. The Bertz CT molecular complexity index is 1200. The van der Waals surface area contributed by atoms with Gasteiger partial charge in [-0.2, -0.15) is 4.99 Å². The highest BCUT2D eigenvalue weighted by molar-refractivity contribution is 8.18. The molecule has 2 aromatic heterocycles. The van der Waals surface area contributed by atoms with Gasteiger partial charge in [0.2, 0.25) is 5.13 Å². The summed E-state index contributed by atoms with van der Waals surface area (Å²) in [5.41, 5.74) is 1.69. The largest absolute Gasteiger partial charge is 0.457 e. The molecular formula is C21H15Cl2N3O2S2. The Balaban J connectivity index is 1.62. The van der Waals surface area contributed by atoms with Crippen molar-refractivity contribution < 1.29 is 9.21 Å². The average Bonchev–Trinajstić information content (AvgIpc) is 3.41. The lowest BCUT2D eigenvalue weighted by Gasteiger charge is -2.11. The minimum Gasteiger partial charge on any atom is -0.457 e. The van der Waals surface area contributed by atoms with Crippen molar-refractivity contribution in [3.05, 3.63) is 74.8 Å². The lowest BCUT2D eigenvalue weighted by Crippen LogP contribution is -2.29. The van der Waals surface area contributed by atoms with E-state index in [0.717, 1.165) is 11.3 Å². The van der Waals surface area contributed by atoms with Crippen LogP contribution in [0.25, 0.3) is 17.4 Å². The van der Waals surface area contributed by atoms with Crippen molar-refractivity contribution in [1.29, 1.82) is 0 Å². The van der Waals surface area contributed by atoms with E-state index in [2.05, 4.69) is 16.6 Å². The molecule has 30 heavy (non-hydrogen) atoms.